The monoisotopic (exact) mass is 383 g/mol. The highest BCUT2D eigenvalue weighted by Crippen LogP contribution is 2.30. The van der Waals surface area contributed by atoms with Crippen LogP contribution < -0.4 is 4.90 Å². The van der Waals surface area contributed by atoms with E-state index < -0.39 is 0 Å². The van der Waals surface area contributed by atoms with Gasteiger partial charge in [0.25, 0.3) is 0 Å². The van der Waals surface area contributed by atoms with Gasteiger partial charge >= 0.3 is 0 Å². The van der Waals surface area contributed by atoms with Crippen LogP contribution in [-0.4, -0.2) is 61.0 Å². The average Bonchev–Trinajstić information content (AvgIpc) is 2.93. The van der Waals surface area contributed by atoms with Crippen LogP contribution in [0.1, 0.15) is 57.4 Å². The molecule has 0 spiro atoms. The third-order valence-electron chi connectivity index (χ3n) is 7.07. The maximum atomic E-state index is 13.2. The molecule has 0 N–H and O–H groups in total. The second-order valence-corrected chi connectivity index (χ2v) is 9.21. The van der Waals surface area contributed by atoms with E-state index in [1.54, 1.807) is 0 Å². The predicted octanol–water partition coefficient (Wildman–Crippen LogP) is 3.94. The third-order valence-corrected chi connectivity index (χ3v) is 7.07. The first-order chi connectivity index (χ1) is 13.7. The highest BCUT2D eigenvalue weighted by atomic mass is 16.2. The van der Waals surface area contributed by atoms with Crippen molar-refractivity contribution in [1.82, 2.24) is 9.80 Å². The molecule has 1 atom stereocenters. The Kier molecular flexibility index (Phi) is 6.69. The lowest BCUT2D eigenvalue weighted by atomic mass is 9.89. The average molecular weight is 384 g/mol. The van der Waals surface area contributed by atoms with Crippen LogP contribution in [-0.2, 0) is 11.2 Å². The predicted molar refractivity (Wildman–Crippen MR) is 116 cm³/mol. The number of para-hydroxylation sites is 1. The van der Waals surface area contributed by atoms with E-state index in [1.807, 2.05) is 0 Å². The third kappa shape index (κ3) is 4.77. The summed E-state index contributed by atoms with van der Waals surface area (Å²) < 4.78 is 0. The molecule has 1 unspecified atom stereocenters. The van der Waals surface area contributed by atoms with Gasteiger partial charge in [-0.05, 0) is 69.7 Å². The first-order valence-corrected chi connectivity index (χ1v) is 11.6. The number of carbonyl (C=O) groups excluding carboxylic acids is 1. The van der Waals surface area contributed by atoms with E-state index in [2.05, 4.69) is 45.9 Å². The summed E-state index contributed by atoms with van der Waals surface area (Å²) in [6.45, 7) is 8.44. The van der Waals surface area contributed by atoms with E-state index in [1.165, 1.54) is 57.2 Å². The van der Waals surface area contributed by atoms with Gasteiger partial charge in [-0.25, -0.2) is 0 Å². The summed E-state index contributed by atoms with van der Waals surface area (Å²) in [7, 11) is 0. The molecule has 1 aliphatic carbocycles. The van der Waals surface area contributed by atoms with Crippen molar-refractivity contribution >= 4 is 11.6 Å². The van der Waals surface area contributed by atoms with E-state index in [-0.39, 0.29) is 5.91 Å². The molecule has 3 aliphatic rings. The van der Waals surface area contributed by atoms with Gasteiger partial charge in [0.15, 0.2) is 0 Å². The van der Waals surface area contributed by atoms with Crippen molar-refractivity contribution in [2.75, 3.05) is 44.2 Å². The lowest BCUT2D eigenvalue weighted by Gasteiger charge is -2.36. The van der Waals surface area contributed by atoms with Crippen LogP contribution in [0.4, 0.5) is 5.69 Å². The lowest BCUT2D eigenvalue weighted by molar-refractivity contribution is -0.120. The smallest absolute Gasteiger partial charge is 0.241 e. The van der Waals surface area contributed by atoms with Crippen LogP contribution in [0.3, 0.4) is 0 Å². The molecule has 2 aliphatic heterocycles. The van der Waals surface area contributed by atoms with Gasteiger partial charge in [0.05, 0.1) is 6.54 Å². The van der Waals surface area contributed by atoms with E-state index in [0.29, 0.717) is 12.6 Å². The maximum absolute atomic E-state index is 13.2. The van der Waals surface area contributed by atoms with Gasteiger partial charge in [0.1, 0.15) is 0 Å². The number of hydrogen-bond donors (Lipinski definition) is 0. The molecule has 2 heterocycles. The van der Waals surface area contributed by atoms with Crippen LogP contribution in [0.5, 0.6) is 0 Å². The Bertz CT molecular complexity index is 655. The molecule has 0 bridgehead atoms. The fourth-order valence-corrected chi connectivity index (χ4v) is 5.44. The van der Waals surface area contributed by atoms with Crippen molar-refractivity contribution in [3.8, 4) is 0 Å². The van der Waals surface area contributed by atoms with E-state index in [0.717, 1.165) is 44.1 Å². The van der Waals surface area contributed by atoms with Gasteiger partial charge in [-0.3, -0.25) is 9.69 Å². The van der Waals surface area contributed by atoms with Gasteiger partial charge in [0, 0.05) is 31.4 Å². The van der Waals surface area contributed by atoms with Crippen molar-refractivity contribution in [2.24, 2.45) is 5.92 Å². The number of anilines is 1. The van der Waals surface area contributed by atoms with Crippen LogP contribution >= 0.6 is 0 Å². The van der Waals surface area contributed by atoms with E-state index >= 15 is 0 Å². The second-order valence-electron chi connectivity index (χ2n) is 9.21. The van der Waals surface area contributed by atoms with Crippen LogP contribution in [0.2, 0.25) is 0 Å². The van der Waals surface area contributed by atoms with Crippen LogP contribution in [0, 0.1) is 5.92 Å². The SMILES string of the molecule is CC1CCc2ccccc2N1C(=O)CN1CCCN(CC2CCCCC2)CC1. The Balaban J connectivity index is 1.32. The molecule has 4 nitrogen and oxygen atoms in total. The minimum absolute atomic E-state index is 0.278. The van der Waals surface area contributed by atoms with E-state index in [4.69, 9.17) is 0 Å². The molecule has 154 valence electrons. The Morgan fingerprint density at radius 1 is 0.929 bits per heavy atom. The van der Waals surface area contributed by atoms with Crippen molar-refractivity contribution in [3.63, 3.8) is 0 Å². The first kappa shape index (κ1) is 19.9. The van der Waals surface area contributed by atoms with Gasteiger partial charge in [0.2, 0.25) is 5.91 Å². The minimum atomic E-state index is 0.278. The van der Waals surface area contributed by atoms with Gasteiger partial charge in [-0.15, -0.1) is 0 Å². The maximum Gasteiger partial charge on any atom is 0.241 e. The number of aryl methyl sites for hydroxylation is 1. The van der Waals surface area contributed by atoms with Crippen molar-refractivity contribution in [3.05, 3.63) is 29.8 Å². The lowest BCUT2D eigenvalue weighted by Crippen LogP contribution is -2.47. The second kappa shape index (κ2) is 9.41. The highest BCUT2D eigenvalue weighted by molar-refractivity contribution is 5.96. The van der Waals surface area contributed by atoms with E-state index in [9.17, 15) is 4.79 Å². The highest BCUT2D eigenvalue weighted by Gasteiger charge is 2.29. The normalized spacial score (nSPS) is 25.3. The molecular weight excluding hydrogens is 346 g/mol. The largest absolute Gasteiger partial charge is 0.308 e. The summed E-state index contributed by atoms with van der Waals surface area (Å²) in [5, 5.41) is 0. The topological polar surface area (TPSA) is 26.8 Å². The van der Waals surface area contributed by atoms with Crippen LogP contribution in [0.25, 0.3) is 0 Å². The zero-order valence-corrected chi connectivity index (χ0v) is 17.6. The summed E-state index contributed by atoms with van der Waals surface area (Å²) in [6.07, 6.45) is 10.5. The zero-order chi connectivity index (χ0) is 19.3. The molecule has 2 fully saturated rings. The fraction of sp³-hybridized carbons (Fsp3) is 0.708. The summed E-state index contributed by atoms with van der Waals surface area (Å²) in [6, 6.07) is 8.75. The van der Waals surface area contributed by atoms with Crippen molar-refractivity contribution < 1.29 is 4.79 Å². The van der Waals surface area contributed by atoms with Crippen molar-refractivity contribution in [2.45, 2.75) is 64.3 Å². The fourth-order valence-electron chi connectivity index (χ4n) is 5.44. The molecule has 1 saturated carbocycles. The summed E-state index contributed by atoms with van der Waals surface area (Å²) in [5.74, 6) is 1.19. The van der Waals surface area contributed by atoms with Crippen molar-refractivity contribution in [1.29, 1.82) is 0 Å². The number of nitrogens with zero attached hydrogens (tertiary/aromatic N) is 3. The number of fused-ring (bicyclic) bond motifs is 1. The molecule has 4 heteroatoms. The Hall–Kier alpha value is -1.39. The molecule has 28 heavy (non-hydrogen) atoms. The Morgan fingerprint density at radius 3 is 2.54 bits per heavy atom. The number of carbonyl (C=O) groups is 1. The first-order valence-electron chi connectivity index (χ1n) is 11.6. The van der Waals surface area contributed by atoms with Gasteiger partial charge in [-0.1, -0.05) is 37.5 Å². The molecule has 1 amide bonds. The van der Waals surface area contributed by atoms with Gasteiger partial charge in [-0.2, -0.15) is 0 Å². The standard InChI is InChI=1S/C24H37N3O/c1-20-12-13-22-10-5-6-11-23(22)27(20)24(28)19-26-15-7-14-25(16-17-26)18-21-8-3-2-4-9-21/h5-6,10-11,20-21H,2-4,7-9,12-19H2,1H3. The summed E-state index contributed by atoms with van der Waals surface area (Å²) >= 11 is 0. The Labute approximate surface area is 170 Å². The molecule has 1 aromatic carbocycles. The summed E-state index contributed by atoms with van der Waals surface area (Å²) in [4.78, 5) is 20.4. The van der Waals surface area contributed by atoms with Crippen LogP contribution in [0.15, 0.2) is 24.3 Å². The zero-order valence-electron chi connectivity index (χ0n) is 17.6. The minimum Gasteiger partial charge on any atom is -0.308 e. The molecule has 4 rings (SSSR count). The van der Waals surface area contributed by atoms with Gasteiger partial charge < -0.3 is 9.80 Å². The molecular formula is C24H37N3O. The molecule has 0 radical (unpaired) electrons. The molecule has 0 aromatic heterocycles. The molecule has 1 aromatic rings. The Morgan fingerprint density at radius 2 is 1.68 bits per heavy atom. The quantitative estimate of drug-likeness (QED) is 0.788. The number of hydrogen-bond acceptors (Lipinski definition) is 3. The number of benzene rings is 1. The summed E-state index contributed by atoms with van der Waals surface area (Å²) in [5.41, 5.74) is 2.46. The molecule has 1 saturated heterocycles. The number of rotatable bonds is 4. The number of amides is 1.